The molecule has 0 unspecified atom stereocenters. The van der Waals surface area contributed by atoms with E-state index in [4.69, 9.17) is 9.53 Å². The first-order valence-corrected chi connectivity index (χ1v) is 5.66. The Balaban J connectivity index is 3.95. The van der Waals surface area contributed by atoms with Crippen LogP contribution in [0, 0.1) is 5.41 Å². The van der Waals surface area contributed by atoms with Gasteiger partial charge in [-0.2, -0.15) is 0 Å². The van der Waals surface area contributed by atoms with Crippen molar-refractivity contribution >= 4 is 10.5 Å². The van der Waals surface area contributed by atoms with Gasteiger partial charge < -0.3 is 9.53 Å². The predicted octanol–water partition coefficient (Wildman–Crippen LogP) is 0.862. The van der Waals surface area contributed by atoms with Crippen LogP contribution < -0.4 is 0 Å². The van der Waals surface area contributed by atoms with Gasteiger partial charge >= 0.3 is 0 Å². The second-order valence-corrected chi connectivity index (χ2v) is 4.04. The Labute approximate surface area is 78.9 Å². The number of hydrogen-bond acceptors (Lipinski definition) is 2. The van der Waals surface area contributed by atoms with E-state index in [1.165, 1.54) is 0 Å². The van der Waals surface area contributed by atoms with Gasteiger partial charge in [-0.25, -0.2) is 0 Å². The van der Waals surface area contributed by atoms with Crippen molar-refractivity contribution in [3.05, 3.63) is 0 Å². The van der Waals surface area contributed by atoms with Gasteiger partial charge in [0.1, 0.15) is 10.5 Å². The van der Waals surface area contributed by atoms with Crippen LogP contribution >= 0.6 is 0 Å². The second kappa shape index (κ2) is 6.63. The normalized spacial score (nSPS) is 12.2. The van der Waals surface area contributed by atoms with E-state index in [9.17, 15) is 0 Å². The fourth-order valence-corrected chi connectivity index (χ4v) is 2.25. The van der Waals surface area contributed by atoms with Gasteiger partial charge in [-0.1, -0.05) is 13.8 Å². The van der Waals surface area contributed by atoms with E-state index in [1.54, 1.807) is 0 Å². The molecular weight excluding hydrogens is 168 g/mol. The molecule has 0 atom stereocenters. The number of hydrogen-bond donors (Lipinski definition) is 1. The molecule has 0 fully saturated rings. The summed E-state index contributed by atoms with van der Waals surface area (Å²) < 4.78 is 5.34. The smallest absolute Gasteiger partial charge is 0.145 e. The zero-order valence-corrected chi connectivity index (χ0v) is 10.6. The maximum absolute atomic E-state index is 8.76. The first-order valence-electron chi connectivity index (χ1n) is 4.84. The molecule has 0 bridgehead atoms. The van der Waals surface area contributed by atoms with E-state index in [1.807, 2.05) is 0 Å². The van der Waals surface area contributed by atoms with Crippen LogP contribution in [0.3, 0.4) is 0 Å². The molecule has 0 spiro atoms. The highest BCUT2D eigenvalue weighted by molar-refractivity contribution is 5.97. The lowest BCUT2D eigenvalue weighted by atomic mass is 9.79. The summed E-state index contributed by atoms with van der Waals surface area (Å²) in [5.74, 6) is 0. The molecule has 0 aromatic rings. The summed E-state index contributed by atoms with van der Waals surface area (Å²) >= 11 is 0. The van der Waals surface area contributed by atoms with Crippen molar-refractivity contribution in [1.82, 2.24) is 0 Å². The summed E-state index contributed by atoms with van der Waals surface area (Å²) in [4.78, 5) is 0. The first kappa shape index (κ1) is 12.1. The number of aliphatic hydroxyl groups excluding tert-OH is 1. The Morgan fingerprint density at radius 1 is 1.33 bits per heavy atom. The minimum absolute atomic E-state index is 0.308. The third kappa shape index (κ3) is 3.69. The average Bonchev–Trinajstić information content (AvgIpc) is 2.13. The molecule has 12 heavy (non-hydrogen) atoms. The highest BCUT2D eigenvalue weighted by Gasteiger charge is 2.24. The van der Waals surface area contributed by atoms with Crippen LogP contribution in [-0.2, 0) is 4.43 Å². The van der Waals surface area contributed by atoms with Gasteiger partial charge in [0.15, 0.2) is 0 Å². The molecule has 0 aromatic carbocycles. The van der Waals surface area contributed by atoms with Crippen molar-refractivity contribution in [2.75, 3.05) is 13.2 Å². The third-order valence-electron chi connectivity index (χ3n) is 2.82. The molecule has 0 radical (unpaired) electrons. The van der Waals surface area contributed by atoms with Gasteiger partial charge in [0.25, 0.3) is 0 Å². The molecule has 0 heterocycles. The molecule has 0 aliphatic carbocycles. The zero-order valence-electron chi connectivity index (χ0n) is 8.60. The quantitative estimate of drug-likeness (QED) is 0.604. The molecule has 0 aliphatic rings. The predicted molar refractivity (Wildman–Crippen MR) is 55.2 cm³/mol. The Hall–Kier alpha value is 0.137. The second-order valence-electron chi connectivity index (χ2n) is 3.47. The van der Waals surface area contributed by atoms with Crippen LogP contribution in [0.5, 0.6) is 0 Å². The van der Waals surface area contributed by atoms with Gasteiger partial charge in [0.2, 0.25) is 0 Å². The van der Waals surface area contributed by atoms with Crippen LogP contribution in [0.2, 0.25) is 0 Å². The van der Waals surface area contributed by atoms with Gasteiger partial charge in [-0.15, -0.1) is 0 Å². The Kier molecular flexibility index (Phi) is 6.71. The minimum atomic E-state index is 0.308. The Morgan fingerprint density at radius 2 is 1.92 bits per heavy atom. The lowest BCUT2D eigenvalue weighted by Crippen LogP contribution is -2.25. The maximum atomic E-state index is 8.76. The van der Waals surface area contributed by atoms with Gasteiger partial charge in [-0.3, -0.25) is 0 Å². The summed E-state index contributed by atoms with van der Waals surface area (Å²) in [5.41, 5.74) is 0.338. The lowest BCUT2D eigenvalue weighted by Gasteiger charge is -2.30. The number of aliphatic hydroxyl groups is 1. The van der Waals surface area contributed by atoms with E-state index in [-0.39, 0.29) is 0 Å². The fraction of sp³-hybridized carbons (Fsp3) is 1.00. The zero-order chi connectivity index (χ0) is 9.45. The van der Waals surface area contributed by atoms with Crippen LogP contribution in [0.4, 0.5) is 0 Å². The van der Waals surface area contributed by atoms with Crippen molar-refractivity contribution in [3.8, 4) is 0 Å². The van der Waals surface area contributed by atoms with E-state index >= 15 is 0 Å². The van der Waals surface area contributed by atoms with Gasteiger partial charge in [0, 0.05) is 13.2 Å². The molecule has 0 aliphatic heterocycles. The topological polar surface area (TPSA) is 29.5 Å². The highest BCUT2D eigenvalue weighted by atomic mass is 28.2. The largest absolute Gasteiger partial charge is 0.427 e. The molecule has 0 saturated heterocycles. The molecule has 2 nitrogen and oxygen atoms in total. The maximum Gasteiger partial charge on any atom is 0.145 e. The summed E-state index contributed by atoms with van der Waals surface area (Å²) in [7, 11) is 0.825. The van der Waals surface area contributed by atoms with Crippen molar-refractivity contribution in [3.63, 3.8) is 0 Å². The lowest BCUT2D eigenvalue weighted by molar-refractivity contribution is 0.117. The molecule has 0 aromatic heterocycles. The van der Waals surface area contributed by atoms with Crippen molar-refractivity contribution in [1.29, 1.82) is 0 Å². The number of rotatable bonds is 7. The minimum Gasteiger partial charge on any atom is -0.427 e. The molecule has 3 heteroatoms. The van der Waals surface area contributed by atoms with Crippen LogP contribution in [-0.4, -0.2) is 28.8 Å². The van der Waals surface area contributed by atoms with E-state index in [2.05, 4.69) is 13.8 Å². The monoisotopic (exact) mass is 190 g/mol. The molecule has 0 saturated carbocycles. The SMILES string of the molecule is CCC(CC)(CCCO)CO[SiH3]. The van der Waals surface area contributed by atoms with Gasteiger partial charge in [0.05, 0.1) is 0 Å². The Bertz CT molecular complexity index is 103. The Morgan fingerprint density at radius 3 is 2.25 bits per heavy atom. The third-order valence-corrected chi connectivity index (χ3v) is 3.10. The molecule has 0 amide bonds. The summed E-state index contributed by atoms with van der Waals surface area (Å²) in [6, 6.07) is 0. The molecule has 0 rings (SSSR count). The van der Waals surface area contributed by atoms with Crippen LogP contribution in [0.15, 0.2) is 0 Å². The van der Waals surface area contributed by atoms with Crippen LogP contribution in [0.1, 0.15) is 39.5 Å². The average molecular weight is 190 g/mol. The summed E-state index contributed by atoms with van der Waals surface area (Å²) in [5, 5.41) is 8.76. The van der Waals surface area contributed by atoms with Crippen molar-refractivity contribution in [2.24, 2.45) is 5.41 Å². The molecule has 74 valence electrons. The van der Waals surface area contributed by atoms with E-state index in [0.717, 1.165) is 42.8 Å². The van der Waals surface area contributed by atoms with Crippen molar-refractivity contribution < 1.29 is 9.53 Å². The highest BCUT2D eigenvalue weighted by Crippen LogP contribution is 2.31. The van der Waals surface area contributed by atoms with E-state index in [0.29, 0.717) is 12.0 Å². The summed E-state index contributed by atoms with van der Waals surface area (Å²) in [6.07, 6.45) is 4.32. The first-order chi connectivity index (χ1) is 5.74. The van der Waals surface area contributed by atoms with Crippen LogP contribution in [0.25, 0.3) is 0 Å². The van der Waals surface area contributed by atoms with E-state index < -0.39 is 0 Å². The fourth-order valence-electron chi connectivity index (χ4n) is 1.64. The molecule has 1 N–H and O–H groups in total. The van der Waals surface area contributed by atoms with Crippen molar-refractivity contribution in [2.45, 2.75) is 39.5 Å². The standard InChI is InChI=1S/C9H22O2Si/c1-3-9(4-2,8-11-12)6-5-7-10/h10H,3-8H2,1-2,12H3. The summed E-state index contributed by atoms with van der Waals surface area (Å²) in [6.45, 7) is 5.61. The molecular formula is C9H22O2Si. The van der Waals surface area contributed by atoms with Gasteiger partial charge in [-0.05, 0) is 31.1 Å².